The Kier molecular flexibility index (Phi) is 4.75. The van der Waals surface area contributed by atoms with Crippen LogP contribution in [0.3, 0.4) is 0 Å². The molecule has 1 aromatic carbocycles. The summed E-state index contributed by atoms with van der Waals surface area (Å²) in [5, 5.41) is 3.40. The highest BCUT2D eigenvalue weighted by Crippen LogP contribution is 2.30. The van der Waals surface area contributed by atoms with Crippen molar-refractivity contribution in [1.82, 2.24) is 9.29 Å². The number of nitrogens with zero attached hydrogens (tertiary/aromatic N) is 2. The number of methoxy groups -OCH3 is 1. The molecule has 2 heterocycles. The number of anilines is 1. The minimum absolute atomic E-state index is 0.103. The second-order valence-corrected chi connectivity index (χ2v) is 8.79. The number of nitrogens with one attached hydrogen (secondary N) is 1. The molecular weight excluding hydrogens is 350 g/mol. The van der Waals surface area contributed by atoms with E-state index in [4.69, 9.17) is 4.74 Å². The zero-order valence-corrected chi connectivity index (χ0v) is 15.1. The lowest BCUT2D eigenvalue weighted by molar-refractivity contribution is -0.120. The molecule has 0 aliphatic carbocycles. The Balaban J connectivity index is 1.65. The Morgan fingerprint density at radius 3 is 2.71 bits per heavy atom. The number of sulfonamides is 1. The van der Waals surface area contributed by atoms with E-state index in [1.807, 2.05) is 18.2 Å². The molecule has 1 aliphatic rings. The molecule has 9 heteroatoms. The SMILES string of the molecule is COc1ccc2nc(NC(=O)C3CCN(S(C)(=O)=O)CC3)sc2c1. The van der Waals surface area contributed by atoms with E-state index < -0.39 is 10.0 Å². The third-order valence-corrected chi connectivity index (χ3v) is 6.36. The van der Waals surface area contributed by atoms with E-state index in [9.17, 15) is 13.2 Å². The summed E-state index contributed by atoms with van der Waals surface area (Å²) < 4.78 is 30.6. The maximum Gasteiger partial charge on any atom is 0.229 e. The van der Waals surface area contributed by atoms with Gasteiger partial charge >= 0.3 is 0 Å². The number of aromatic nitrogens is 1. The largest absolute Gasteiger partial charge is 0.497 e. The molecule has 1 aliphatic heterocycles. The quantitative estimate of drug-likeness (QED) is 0.889. The fourth-order valence-electron chi connectivity index (χ4n) is 2.74. The fraction of sp³-hybridized carbons (Fsp3) is 0.467. The van der Waals surface area contributed by atoms with Gasteiger partial charge in [-0.05, 0) is 31.0 Å². The second-order valence-electron chi connectivity index (χ2n) is 5.78. The number of amides is 1. The summed E-state index contributed by atoms with van der Waals surface area (Å²) in [6.45, 7) is 0.766. The lowest BCUT2D eigenvalue weighted by Crippen LogP contribution is -2.40. The predicted molar refractivity (Wildman–Crippen MR) is 93.9 cm³/mol. The van der Waals surface area contributed by atoms with Crippen molar-refractivity contribution in [1.29, 1.82) is 0 Å². The maximum absolute atomic E-state index is 12.4. The van der Waals surface area contributed by atoms with Gasteiger partial charge in [-0.25, -0.2) is 17.7 Å². The Labute approximate surface area is 144 Å². The smallest absolute Gasteiger partial charge is 0.229 e. The van der Waals surface area contributed by atoms with E-state index in [0.717, 1.165) is 16.0 Å². The van der Waals surface area contributed by atoms with Crippen LogP contribution in [0.5, 0.6) is 5.75 Å². The summed E-state index contributed by atoms with van der Waals surface area (Å²) in [5.74, 6) is 0.455. The van der Waals surface area contributed by atoms with Crippen LogP contribution in [0.4, 0.5) is 5.13 Å². The monoisotopic (exact) mass is 369 g/mol. The van der Waals surface area contributed by atoms with Gasteiger partial charge in [0.1, 0.15) is 5.75 Å². The molecule has 1 aromatic heterocycles. The van der Waals surface area contributed by atoms with Crippen LogP contribution in [0.25, 0.3) is 10.2 Å². The molecular formula is C15H19N3O4S2. The molecule has 0 bridgehead atoms. The van der Waals surface area contributed by atoms with Crippen molar-refractivity contribution < 1.29 is 17.9 Å². The lowest BCUT2D eigenvalue weighted by atomic mass is 9.97. The highest BCUT2D eigenvalue weighted by atomic mass is 32.2. The molecule has 1 N–H and O–H groups in total. The zero-order valence-electron chi connectivity index (χ0n) is 13.5. The number of hydrogen-bond acceptors (Lipinski definition) is 6. The fourth-order valence-corrected chi connectivity index (χ4v) is 4.51. The topological polar surface area (TPSA) is 88.6 Å². The van der Waals surface area contributed by atoms with Gasteiger partial charge in [0, 0.05) is 19.0 Å². The van der Waals surface area contributed by atoms with Gasteiger partial charge in [0.15, 0.2) is 5.13 Å². The number of piperidine rings is 1. The Hall–Kier alpha value is -1.71. The normalized spacial score (nSPS) is 17.1. The number of thiazole rings is 1. The summed E-state index contributed by atoms with van der Waals surface area (Å²) in [7, 11) is -1.57. The first-order chi connectivity index (χ1) is 11.4. The number of carbonyl (C=O) groups excluding carboxylic acids is 1. The van der Waals surface area contributed by atoms with Crippen molar-refractivity contribution in [2.24, 2.45) is 5.92 Å². The van der Waals surface area contributed by atoms with Gasteiger partial charge in [-0.1, -0.05) is 11.3 Å². The van der Waals surface area contributed by atoms with Gasteiger partial charge in [0.2, 0.25) is 15.9 Å². The average molecular weight is 369 g/mol. The number of benzene rings is 1. The van der Waals surface area contributed by atoms with Gasteiger partial charge in [0.05, 0.1) is 23.6 Å². The third kappa shape index (κ3) is 3.68. The first kappa shape index (κ1) is 17.1. The maximum atomic E-state index is 12.4. The first-order valence-corrected chi connectivity index (χ1v) is 10.2. The number of carbonyl (C=O) groups is 1. The minimum atomic E-state index is -3.18. The van der Waals surface area contributed by atoms with Crippen LogP contribution in [-0.2, 0) is 14.8 Å². The summed E-state index contributed by atoms with van der Waals surface area (Å²) >= 11 is 1.39. The predicted octanol–water partition coefficient (Wildman–Crippen LogP) is 1.92. The van der Waals surface area contributed by atoms with Gasteiger partial charge in [-0.3, -0.25) is 4.79 Å². The molecule has 0 spiro atoms. The van der Waals surface area contributed by atoms with Gasteiger partial charge in [-0.15, -0.1) is 0 Å². The molecule has 0 radical (unpaired) electrons. The Morgan fingerprint density at radius 1 is 1.38 bits per heavy atom. The summed E-state index contributed by atoms with van der Waals surface area (Å²) in [6.07, 6.45) is 2.25. The molecule has 1 fully saturated rings. The van der Waals surface area contributed by atoms with Crippen LogP contribution < -0.4 is 10.1 Å². The molecule has 7 nitrogen and oxygen atoms in total. The van der Waals surface area contributed by atoms with Gasteiger partial charge in [0.25, 0.3) is 0 Å². The van der Waals surface area contributed by atoms with E-state index >= 15 is 0 Å². The Morgan fingerprint density at radius 2 is 2.08 bits per heavy atom. The van der Waals surface area contributed by atoms with E-state index in [1.54, 1.807) is 7.11 Å². The number of fused-ring (bicyclic) bond motifs is 1. The van der Waals surface area contributed by atoms with Gasteiger partial charge < -0.3 is 10.1 Å². The van der Waals surface area contributed by atoms with Crippen molar-refractivity contribution >= 4 is 42.6 Å². The minimum Gasteiger partial charge on any atom is -0.497 e. The molecule has 1 amide bonds. The van der Waals surface area contributed by atoms with Crippen molar-refractivity contribution in [3.63, 3.8) is 0 Å². The third-order valence-electron chi connectivity index (χ3n) is 4.12. The highest BCUT2D eigenvalue weighted by molar-refractivity contribution is 7.88. The van der Waals surface area contributed by atoms with Crippen molar-refractivity contribution in [2.75, 3.05) is 31.8 Å². The van der Waals surface area contributed by atoms with Crippen LogP contribution in [0.2, 0.25) is 0 Å². The molecule has 130 valence electrons. The summed E-state index contributed by atoms with van der Waals surface area (Å²) in [6, 6.07) is 5.56. The molecule has 3 rings (SSSR count). The van der Waals surface area contributed by atoms with Crippen molar-refractivity contribution in [3.8, 4) is 5.75 Å². The Bertz CT molecular complexity index is 855. The standard InChI is InChI=1S/C15H19N3O4S2/c1-22-11-3-4-12-13(9-11)23-15(16-12)17-14(19)10-5-7-18(8-6-10)24(2,20)21/h3-4,9-10H,5-8H2,1-2H3,(H,16,17,19). The van der Waals surface area contributed by atoms with E-state index in [0.29, 0.717) is 31.1 Å². The van der Waals surface area contributed by atoms with Crippen LogP contribution in [0, 0.1) is 5.92 Å². The molecule has 0 saturated carbocycles. The number of hydrogen-bond donors (Lipinski definition) is 1. The van der Waals surface area contributed by atoms with E-state index in [-0.39, 0.29) is 11.8 Å². The van der Waals surface area contributed by atoms with Gasteiger partial charge in [-0.2, -0.15) is 0 Å². The van der Waals surface area contributed by atoms with Crippen LogP contribution in [-0.4, -0.2) is 50.1 Å². The van der Waals surface area contributed by atoms with Crippen LogP contribution in [0.1, 0.15) is 12.8 Å². The zero-order chi connectivity index (χ0) is 17.3. The lowest BCUT2D eigenvalue weighted by Gasteiger charge is -2.29. The highest BCUT2D eigenvalue weighted by Gasteiger charge is 2.29. The number of rotatable bonds is 4. The molecule has 2 aromatic rings. The summed E-state index contributed by atoms with van der Waals surface area (Å²) in [4.78, 5) is 16.8. The first-order valence-electron chi connectivity index (χ1n) is 7.57. The molecule has 24 heavy (non-hydrogen) atoms. The number of ether oxygens (including phenoxy) is 1. The van der Waals surface area contributed by atoms with Crippen LogP contribution in [0.15, 0.2) is 18.2 Å². The molecule has 0 unspecified atom stereocenters. The average Bonchev–Trinajstić information content (AvgIpc) is 2.95. The molecule has 1 saturated heterocycles. The molecule has 0 atom stereocenters. The second kappa shape index (κ2) is 6.66. The summed E-state index contributed by atoms with van der Waals surface area (Å²) in [5.41, 5.74) is 0.808. The van der Waals surface area contributed by atoms with E-state index in [1.165, 1.54) is 21.9 Å². The van der Waals surface area contributed by atoms with E-state index in [2.05, 4.69) is 10.3 Å². The van der Waals surface area contributed by atoms with Crippen molar-refractivity contribution in [3.05, 3.63) is 18.2 Å². The van der Waals surface area contributed by atoms with Crippen molar-refractivity contribution in [2.45, 2.75) is 12.8 Å². The van der Waals surface area contributed by atoms with Crippen LogP contribution >= 0.6 is 11.3 Å².